The predicted molar refractivity (Wildman–Crippen MR) is 210 cm³/mol. The zero-order valence-electron chi connectivity index (χ0n) is 35.1. The van der Waals surface area contributed by atoms with Gasteiger partial charge in [-0.05, 0) is 56.9 Å². The maximum Gasteiger partial charge on any atom is 0.322 e. The third kappa shape index (κ3) is 12.3. The van der Waals surface area contributed by atoms with E-state index in [1.807, 2.05) is 13.8 Å². The number of nitrogens with zero attached hydrogens (tertiary/aromatic N) is 4. The molecule has 9 unspecified atom stereocenters. The van der Waals surface area contributed by atoms with Crippen LogP contribution in [0.4, 0.5) is 0 Å². The number of aliphatic carboxylic acids is 1. The van der Waals surface area contributed by atoms with Crippen LogP contribution in [0.2, 0.25) is 0 Å². The molecule has 0 aromatic heterocycles. The van der Waals surface area contributed by atoms with E-state index >= 15 is 0 Å². The van der Waals surface area contributed by atoms with Crippen molar-refractivity contribution in [1.29, 1.82) is 0 Å². The number of methoxy groups -OCH3 is 2. The molecule has 58 heavy (non-hydrogen) atoms. The number of nitrogens with one attached hydrogen (secondary N) is 2. The van der Waals surface area contributed by atoms with Crippen molar-refractivity contribution in [2.75, 3.05) is 60.7 Å². The number of ether oxygens (including phenoxy) is 3. The van der Waals surface area contributed by atoms with Gasteiger partial charge in [-0.1, -0.05) is 33.3 Å². The zero-order valence-corrected chi connectivity index (χ0v) is 35.1. The molecule has 2 bridgehead atoms. The first-order chi connectivity index (χ1) is 27.6. The first-order valence-corrected chi connectivity index (χ1v) is 20.3. The van der Waals surface area contributed by atoms with Gasteiger partial charge in [-0.25, -0.2) is 0 Å². The van der Waals surface area contributed by atoms with Crippen molar-refractivity contribution in [2.45, 2.75) is 115 Å². The van der Waals surface area contributed by atoms with Crippen LogP contribution in [0.5, 0.6) is 0 Å². The standard InChI is InChI=1S/C40H64N6O12/c1-8-11-31(48)44(24-47)17-19-58-18-15-32(49)46-28-14-13-27(20-28)37(46)40(55)41-22-34(51)43(5)36(25(3)9-2)30(56-6)21-33(50)45-16-10-12-29(45)38(57-7)26(4)39(54)42-23-35(52)53/h8,11,24-30,36-38H,9-10,12-23H2,1-7H3,(H,41,55)(H,42,54)(H,52,53)/b11-8-. The van der Waals surface area contributed by atoms with Crippen molar-refractivity contribution in [3.63, 3.8) is 0 Å². The van der Waals surface area contributed by atoms with Gasteiger partial charge >= 0.3 is 5.97 Å². The minimum atomic E-state index is -1.17. The van der Waals surface area contributed by atoms with E-state index in [1.165, 1.54) is 31.3 Å². The molecule has 18 heteroatoms. The number of piperidine rings is 1. The van der Waals surface area contributed by atoms with Crippen molar-refractivity contribution in [2.24, 2.45) is 17.8 Å². The van der Waals surface area contributed by atoms with Gasteiger partial charge in [0.1, 0.15) is 12.6 Å². The number of imide groups is 1. The molecule has 0 aromatic carbocycles. The van der Waals surface area contributed by atoms with Gasteiger partial charge in [-0.2, -0.15) is 0 Å². The average Bonchev–Trinajstić information content (AvgIpc) is 3.97. The normalized spacial score (nSPS) is 22.5. The van der Waals surface area contributed by atoms with Gasteiger partial charge in [0.2, 0.25) is 35.9 Å². The van der Waals surface area contributed by atoms with Gasteiger partial charge < -0.3 is 44.7 Å². The van der Waals surface area contributed by atoms with Crippen LogP contribution in [-0.4, -0.2) is 170 Å². The highest BCUT2D eigenvalue weighted by atomic mass is 16.5. The summed E-state index contributed by atoms with van der Waals surface area (Å²) in [6.07, 6.45) is 6.00. The molecule has 3 N–H and O–H groups in total. The molecule has 0 spiro atoms. The molecular weight excluding hydrogens is 756 g/mol. The Labute approximate surface area is 341 Å². The number of fused-ring (bicyclic) bond motifs is 2. The van der Waals surface area contributed by atoms with Crippen molar-refractivity contribution >= 4 is 47.8 Å². The Balaban J connectivity index is 1.61. The maximum atomic E-state index is 13.9. The fourth-order valence-electron chi connectivity index (χ4n) is 8.73. The lowest BCUT2D eigenvalue weighted by atomic mass is 9.90. The minimum Gasteiger partial charge on any atom is -0.480 e. The molecule has 326 valence electrons. The summed E-state index contributed by atoms with van der Waals surface area (Å²) in [6, 6.07) is -1.78. The van der Waals surface area contributed by atoms with Gasteiger partial charge in [0.15, 0.2) is 0 Å². The number of hydrogen-bond acceptors (Lipinski definition) is 11. The number of carbonyl (C=O) groups is 8. The Bertz CT molecular complexity index is 1490. The highest BCUT2D eigenvalue weighted by molar-refractivity contribution is 5.94. The van der Waals surface area contributed by atoms with E-state index in [2.05, 4.69) is 10.6 Å². The fourth-order valence-corrected chi connectivity index (χ4v) is 8.73. The van der Waals surface area contributed by atoms with Crippen LogP contribution in [0, 0.1) is 17.8 Å². The fraction of sp³-hybridized carbons (Fsp3) is 0.750. The Kier molecular flexibility index (Phi) is 19.2. The van der Waals surface area contributed by atoms with Crippen molar-refractivity contribution in [1.82, 2.24) is 30.2 Å². The topological polar surface area (TPSA) is 221 Å². The molecule has 2 heterocycles. The maximum absolute atomic E-state index is 13.9. The number of carbonyl (C=O) groups excluding carboxylic acids is 7. The number of rotatable bonds is 24. The molecule has 9 atom stereocenters. The lowest BCUT2D eigenvalue weighted by Gasteiger charge is -2.39. The Morgan fingerprint density at radius 1 is 0.966 bits per heavy atom. The summed E-state index contributed by atoms with van der Waals surface area (Å²) in [5.74, 6) is -4.27. The largest absolute Gasteiger partial charge is 0.480 e. The lowest BCUT2D eigenvalue weighted by Crippen LogP contribution is -2.56. The monoisotopic (exact) mass is 820 g/mol. The molecule has 1 saturated carbocycles. The van der Waals surface area contributed by atoms with Crippen LogP contribution < -0.4 is 10.6 Å². The zero-order chi connectivity index (χ0) is 43.1. The number of allylic oxidation sites excluding steroid dienone is 1. The summed E-state index contributed by atoms with van der Waals surface area (Å²) in [7, 11) is 4.56. The van der Waals surface area contributed by atoms with Gasteiger partial charge in [0, 0.05) is 33.9 Å². The van der Waals surface area contributed by atoms with Gasteiger partial charge in [-0.15, -0.1) is 0 Å². The van der Waals surface area contributed by atoms with E-state index in [1.54, 1.807) is 30.7 Å². The summed E-state index contributed by atoms with van der Waals surface area (Å²) in [4.78, 5) is 107. The Hall–Kier alpha value is -4.42. The number of likely N-dealkylation sites (tertiary alicyclic amines) is 2. The van der Waals surface area contributed by atoms with E-state index in [9.17, 15) is 38.4 Å². The average molecular weight is 821 g/mol. The first kappa shape index (κ1) is 48.0. The highest BCUT2D eigenvalue weighted by Crippen LogP contribution is 2.43. The van der Waals surface area contributed by atoms with E-state index in [4.69, 9.17) is 19.3 Å². The summed E-state index contributed by atoms with van der Waals surface area (Å²) >= 11 is 0. The van der Waals surface area contributed by atoms with Crippen molar-refractivity contribution in [3.05, 3.63) is 12.2 Å². The second-order valence-electron chi connectivity index (χ2n) is 15.4. The Morgan fingerprint density at radius 2 is 1.69 bits per heavy atom. The van der Waals surface area contributed by atoms with E-state index in [0.717, 1.165) is 17.7 Å². The second-order valence-corrected chi connectivity index (χ2v) is 15.4. The van der Waals surface area contributed by atoms with Crippen LogP contribution in [0.25, 0.3) is 0 Å². The molecule has 2 saturated heterocycles. The highest BCUT2D eigenvalue weighted by Gasteiger charge is 2.51. The smallest absolute Gasteiger partial charge is 0.322 e. The molecule has 3 aliphatic rings. The number of amides is 7. The van der Waals surface area contributed by atoms with E-state index in [0.29, 0.717) is 38.6 Å². The molecule has 3 fully saturated rings. The summed E-state index contributed by atoms with van der Waals surface area (Å²) in [6.45, 7) is 6.96. The predicted octanol–water partition coefficient (Wildman–Crippen LogP) is 0.571. The van der Waals surface area contributed by atoms with Gasteiger partial charge in [-0.3, -0.25) is 43.3 Å². The SMILES string of the molecule is C/C=C\C(=O)N(C=O)CCOCCC(=O)N1C2CCC(C2)C1C(=O)NCC(=O)N(C)C(C(C)CC)C(CC(=O)N1CCCC1C(OC)C(C)C(=O)NCC(=O)O)OC. The minimum absolute atomic E-state index is 0.0116. The van der Waals surface area contributed by atoms with Crippen LogP contribution in [0.15, 0.2) is 12.2 Å². The van der Waals surface area contributed by atoms with Crippen LogP contribution in [0.1, 0.15) is 79.1 Å². The number of carboxylic acid groups (broad SMARTS) is 1. The molecule has 3 rings (SSSR count). The Morgan fingerprint density at radius 3 is 2.31 bits per heavy atom. The number of carboxylic acids is 1. The number of hydrogen-bond donors (Lipinski definition) is 3. The second kappa shape index (κ2) is 23.2. The summed E-state index contributed by atoms with van der Waals surface area (Å²) in [5, 5.41) is 14.1. The first-order valence-electron chi connectivity index (χ1n) is 20.3. The van der Waals surface area contributed by atoms with Crippen LogP contribution in [0.3, 0.4) is 0 Å². The quantitative estimate of drug-likeness (QED) is 0.0692. The lowest BCUT2D eigenvalue weighted by molar-refractivity contribution is -0.147. The van der Waals surface area contributed by atoms with Crippen molar-refractivity contribution in [3.8, 4) is 0 Å². The molecule has 2 aliphatic heterocycles. The van der Waals surface area contributed by atoms with Crippen molar-refractivity contribution < 1.29 is 57.7 Å². The molecule has 7 amide bonds. The van der Waals surface area contributed by atoms with Crippen LogP contribution >= 0.6 is 0 Å². The van der Waals surface area contributed by atoms with Gasteiger partial charge in [0.05, 0.1) is 69.4 Å². The molecule has 1 aliphatic carbocycles. The molecular formula is C40H64N6O12. The molecule has 0 aromatic rings. The number of likely N-dealkylation sites (N-methyl/N-ethyl adjacent to an activating group) is 1. The van der Waals surface area contributed by atoms with E-state index in [-0.39, 0.29) is 74.7 Å². The third-order valence-electron chi connectivity index (χ3n) is 11.9. The third-order valence-corrected chi connectivity index (χ3v) is 11.9. The van der Waals surface area contributed by atoms with Gasteiger partial charge in [0.25, 0.3) is 5.91 Å². The van der Waals surface area contributed by atoms with E-state index < -0.39 is 66.5 Å². The summed E-state index contributed by atoms with van der Waals surface area (Å²) in [5.41, 5.74) is 0. The van der Waals surface area contributed by atoms with Crippen LogP contribution in [-0.2, 0) is 52.6 Å². The summed E-state index contributed by atoms with van der Waals surface area (Å²) < 4.78 is 17.1. The molecule has 18 nitrogen and oxygen atoms in total. The molecule has 0 radical (unpaired) electrons.